The molecule has 0 spiro atoms. The fraction of sp³-hybridized carbons (Fsp3) is 0.227. The molecule has 1 amide bonds. The molecule has 31 heavy (non-hydrogen) atoms. The van der Waals surface area contributed by atoms with E-state index in [4.69, 9.17) is 0 Å². The summed E-state index contributed by atoms with van der Waals surface area (Å²) in [5, 5.41) is 16.0. The normalized spacial score (nSPS) is 15.9. The molecule has 0 radical (unpaired) electrons. The topological polar surface area (TPSA) is 78.7 Å². The predicted molar refractivity (Wildman–Crippen MR) is 107 cm³/mol. The highest BCUT2D eigenvalue weighted by Gasteiger charge is 2.38. The zero-order valence-corrected chi connectivity index (χ0v) is 16.5. The first kappa shape index (κ1) is 19.2. The molecule has 158 valence electrons. The van der Waals surface area contributed by atoms with E-state index in [1.54, 1.807) is 17.1 Å². The van der Waals surface area contributed by atoms with Crippen molar-refractivity contribution in [1.29, 1.82) is 0 Å². The van der Waals surface area contributed by atoms with Crippen LogP contribution in [0.1, 0.15) is 38.8 Å². The minimum Gasteiger partial charge on any atom is -0.502 e. The van der Waals surface area contributed by atoms with Crippen molar-refractivity contribution in [2.24, 2.45) is 0 Å². The van der Waals surface area contributed by atoms with Crippen LogP contribution in [0, 0.1) is 11.6 Å². The summed E-state index contributed by atoms with van der Waals surface area (Å²) in [6.07, 6.45) is 2.17. The number of hydrogen-bond donors (Lipinski definition) is 1. The Balaban J connectivity index is 1.81. The molecule has 5 rings (SSSR count). The molecule has 0 unspecified atom stereocenters. The van der Waals surface area contributed by atoms with Crippen LogP contribution in [0.5, 0.6) is 5.75 Å². The van der Waals surface area contributed by atoms with E-state index in [1.165, 1.54) is 41.0 Å². The van der Waals surface area contributed by atoms with Crippen LogP contribution in [0.25, 0.3) is 0 Å². The molecule has 1 aromatic heterocycles. The lowest BCUT2D eigenvalue weighted by atomic mass is 9.93. The molecule has 2 aromatic carbocycles. The van der Waals surface area contributed by atoms with Gasteiger partial charge in [0.25, 0.3) is 5.91 Å². The average molecular weight is 424 g/mol. The molecule has 1 N–H and O–H groups in total. The zero-order chi connectivity index (χ0) is 21.9. The fourth-order valence-electron chi connectivity index (χ4n) is 4.39. The third kappa shape index (κ3) is 2.96. The molecule has 9 heteroatoms. The van der Waals surface area contributed by atoms with Crippen molar-refractivity contribution in [3.05, 3.63) is 92.4 Å². The van der Waals surface area contributed by atoms with Crippen molar-refractivity contribution in [2.45, 2.75) is 18.9 Å². The van der Waals surface area contributed by atoms with Crippen molar-refractivity contribution in [1.82, 2.24) is 14.8 Å². The van der Waals surface area contributed by atoms with Gasteiger partial charge in [-0.25, -0.2) is 8.78 Å². The Morgan fingerprint density at radius 2 is 1.58 bits per heavy atom. The highest BCUT2D eigenvalue weighted by atomic mass is 19.1. The second-order valence-corrected chi connectivity index (χ2v) is 7.77. The van der Waals surface area contributed by atoms with Crippen LogP contribution in [0.15, 0.2) is 47.4 Å². The maximum absolute atomic E-state index is 14.3. The monoisotopic (exact) mass is 424 g/mol. The molecular weight excluding hydrogens is 406 g/mol. The first-order valence-electron chi connectivity index (χ1n) is 9.75. The third-order valence-electron chi connectivity index (χ3n) is 5.86. The van der Waals surface area contributed by atoms with Crippen LogP contribution in [0.2, 0.25) is 0 Å². The van der Waals surface area contributed by atoms with Gasteiger partial charge in [0.05, 0.1) is 6.04 Å². The number of benzene rings is 2. The lowest BCUT2D eigenvalue weighted by Gasteiger charge is -2.42. The number of carbonyl (C=O) groups excluding carboxylic acids is 1. The first-order valence-corrected chi connectivity index (χ1v) is 9.75. The van der Waals surface area contributed by atoms with Gasteiger partial charge in [-0.1, -0.05) is 12.1 Å². The summed E-state index contributed by atoms with van der Waals surface area (Å²) in [5.41, 5.74) is 1.91. The number of nitrogens with zero attached hydrogens (tertiary/aromatic N) is 4. The molecular formula is C22H18F2N4O3. The van der Waals surface area contributed by atoms with E-state index in [0.29, 0.717) is 24.0 Å². The number of hydrogen-bond acceptors (Lipinski definition) is 5. The lowest BCUT2D eigenvalue weighted by molar-refractivity contribution is 0.0715. The van der Waals surface area contributed by atoms with Crippen LogP contribution in [0.4, 0.5) is 8.78 Å². The molecule has 0 fully saturated rings. The van der Waals surface area contributed by atoms with Crippen molar-refractivity contribution in [3.8, 4) is 5.75 Å². The number of rotatable bonds is 1. The van der Waals surface area contributed by atoms with E-state index < -0.39 is 34.8 Å². The van der Waals surface area contributed by atoms with Crippen molar-refractivity contribution >= 4 is 5.91 Å². The van der Waals surface area contributed by atoms with Gasteiger partial charge in [0.1, 0.15) is 24.5 Å². The van der Waals surface area contributed by atoms with Crippen LogP contribution < -0.4 is 10.4 Å². The van der Waals surface area contributed by atoms with Crippen LogP contribution in [-0.2, 0) is 12.8 Å². The van der Waals surface area contributed by atoms with Gasteiger partial charge in [-0.3, -0.25) is 14.6 Å². The largest absolute Gasteiger partial charge is 0.502 e. The predicted octanol–water partition coefficient (Wildman–Crippen LogP) is 2.10. The first-order chi connectivity index (χ1) is 14.8. The molecule has 0 atom stereocenters. The third-order valence-corrected chi connectivity index (χ3v) is 5.86. The highest BCUT2D eigenvalue weighted by molar-refractivity contribution is 5.95. The van der Waals surface area contributed by atoms with Gasteiger partial charge in [-0.2, -0.15) is 9.89 Å². The Morgan fingerprint density at radius 1 is 1.00 bits per heavy atom. The minimum absolute atomic E-state index is 0.0255. The molecule has 3 aromatic rings. The van der Waals surface area contributed by atoms with E-state index >= 15 is 0 Å². The second kappa shape index (κ2) is 6.90. The number of fused-ring (bicyclic) bond motifs is 3. The van der Waals surface area contributed by atoms with Crippen molar-refractivity contribution in [2.75, 3.05) is 18.7 Å². The van der Waals surface area contributed by atoms with Gasteiger partial charge in [-0.05, 0) is 59.4 Å². The van der Waals surface area contributed by atoms with Gasteiger partial charge in [0.15, 0.2) is 11.4 Å². The standard InChI is InChI=1S/C22H18F2N4O3/c1-26-11-27(28-20(22(26)31)21(30)18(29)10-25-28)19-16-8-14(23)6-4-12(16)2-3-13-5-7-15(24)9-17(13)19/h4-10,19,30H,2-3,11H2,1H3. The van der Waals surface area contributed by atoms with Gasteiger partial charge in [0, 0.05) is 7.05 Å². The summed E-state index contributed by atoms with van der Waals surface area (Å²) in [4.78, 5) is 27.1. The minimum atomic E-state index is -0.784. The number of amides is 1. The summed E-state index contributed by atoms with van der Waals surface area (Å²) in [7, 11) is 1.52. The Kier molecular flexibility index (Phi) is 4.28. The summed E-state index contributed by atoms with van der Waals surface area (Å²) < 4.78 is 28.6. The Hall–Kier alpha value is -3.75. The van der Waals surface area contributed by atoms with Crippen LogP contribution >= 0.6 is 0 Å². The molecule has 2 aliphatic rings. The van der Waals surface area contributed by atoms with Crippen molar-refractivity contribution < 1.29 is 18.7 Å². The molecule has 0 saturated heterocycles. The summed E-state index contributed by atoms with van der Waals surface area (Å²) in [6.45, 7) is 0.0255. The molecule has 0 bridgehead atoms. The van der Waals surface area contributed by atoms with E-state index in [2.05, 4.69) is 5.10 Å². The summed E-state index contributed by atoms with van der Waals surface area (Å²) >= 11 is 0. The van der Waals surface area contributed by atoms with Gasteiger partial charge in [0.2, 0.25) is 5.43 Å². The smallest absolute Gasteiger partial charge is 0.279 e. The maximum atomic E-state index is 14.3. The average Bonchev–Trinajstić information content (AvgIpc) is 2.89. The van der Waals surface area contributed by atoms with Crippen LogP contribution in [0.3, 0.4) is 0 Å². The molecule has 0 saturated carbocycles. The molecule has 7 nitrogen and oxygen atoms in total. The fourth-order valence-corrected chi connectivity index (χ4v) is 4.39. The van der Waals surface area contributed by atoms with Gasteiger partial charge < -0.3 is 10.0 Å². The Labute approximate surface area is 175 Å². The number of carbonyl (C=O) groups is 1. The quantitative estimate of drug-likeness (QED) is 0.647. The summed E-state index contributed by atoms with van der Waals surface area (Å²) in [5.74, 6) is -2.18. The van der Waals surface area contributed by atoms with E-state index in [0.717, 1.165) is 17.3 Å². The SMILES string of the molecule is CN1CN(C2c3cc(F)ccc3CCc3ccc(F)cc32)n2ncc(=O)c(O)c2C1=O. The van der Waals surface area contributed by atoms with E-state index in [1.807, 2.05) is 0 Å². The van der Waals surface area contributed by atoms with Crippen LogP contribution in [-0.4, -0.2) is 39.5 Å². The molecule has 2 heterocycles. The second-order valence-electron chi connectivity index (χ2n) is 7.77. The molecule has 1 aliphatic carbocycles. The molecule has 1 aliphatic heterocycles. The lowest BCUT2D eigenvalue weighted by Crippen LogP contribution is -2.55. The number of aryl methyl sites for hydroxylation is 2. The van der Waals surface area contributed by atoms with E-state index in [9.17, 15) is 23.5 Å². The maximum Gasteiger partial charge on any atom is 0.279 e. The van der Waals surface area contributed by atoms with Gasteiger partial charge >= 0.3 is 0 Å². The zero-order valence-electron chi connectivity index (χ0n) is 16.5. The Bertz CT molecular complexity index is 1240. The summed E-state index contributed by atoms with van der Waals surface area (Å²) in [6, 6.07) is 8.27. The number of aromatic hydroxyl groups is 1. The number of aromatic nitrogens is 2. The van der Waals surface area contributed by atoms with E-state index in [-0.39, 0.29) is 12.4 Å². The Morgan fingerprint density at radius 3 is 2.16 bits per heavy atom. The van der Waals surface area contributed by atoms with Gasteiger partial charge in [-0.15, -0.1) is 0 Å². The number of halogens is 2. The van der Waals surface area contributed by atoms with Crippen molar-refractivity contribution in [3.63, 3.8) is 0 Å². The highest BCUT2D eigenvalue weighted by Crippen LogP contribution is 2.38.